The van der Waals surface area contributed by atoms with Crippen molar-refractivity contribution in [2.75, 3.05) is 0 Å². The van der Waals surface area contributed by atoms with Crippen LogP contribution in [0.1, 0.15) is 19.4 Å². The molecule has 0 N–H and O–H groups in total. The van der Waals surface area contributed by atoms with Crippen molar-refractivity contribution in [2.24, 2.45) is 5.92 Å². The van der Waals surface area contributed by atoms with Gasteiger partial charge in [-0.05, 0) is 30.0 Å². The van der Waals surface area contributed by atoms with Crippen LogP contribution >= 0.6 is 11.6 Å². The van der Waals surface area contributed by atoms with Crippen LogP contribution in [0.15, 0.2) is 18.2 Å². The first-order chi connectivity index (χ1) is 5.59. The number of halogens is 2. The van der Waals surface area contributed by atoms with Crippen LogP contribution in [-0.4, -0.2) is 0 Å². The van der Waals surface area contributed by atoms with Gasteiger partial charge in [0.15, 0.2) is 0 Å². The third-order valence-corrected chi connectivity index (χ3v) is 2.00. The van der Waals surface area contributed by atoms with Crippen LogP contribution in [-0.2, 0) is 6.42 Å². The molecule has 0 aromatic heterocycles. The molecular formula is C10H12ClF. The predicted octanol–water partition coefficient (Wildman–Crippen LogP) is 3.68. The molecule has 12 heavy (non-hydrogen) atoms. The van der Waals surface area contributed by atoms with E-state index in [0.29, 0.717) is 10.9 Å². The zero-order chi connectivity index (χ0) is 9.14. The van der Waals surface area contributed by atoms with E-state index in [-0.39, 0.29) is 5.82 Å². The smallest absolute Gasteiger partial charge is 0.124 e. The molecule has 0 spiro atoms. The Labute approximate surface area is 77.4 Å². The molecule has 0 atom stereocenters. The lowest BCUT2D eigenvalue weighted by atomic mass is 10.0. The fraction of sp³-hybridized carbons (Fsp3) is 0.400. The second-order valence-corrected chi connectivity index (χ2v) is 3.74. The molecule has 0 radical (unpaired) electrons. The van der Waals surface area contributed by atoms with Crippen LogP contribution < -0.4 is 0 Å². The van der Waals surface area contributed by atoms with Gasteiger partial charge >= 0.3 is 0 Å². The van der Waals surface area contributed by atoms with Gasteiger partial charge in [0, 0.05) is 5.02 Å². The zero-order valence-electron chi connectivity index (χ0n) is 7.27. The molecule has 0 unspecified atom stereocenters. The van der Waals surface area contributed by atoms with E-state index in [1.807, 2.05) is 0 Å². The number of hydrogen-bond acceptors (Lipinski definition) is 0. The summed E-state index contributed by atoms with van der Waals surface area (Å²) < 4.78 is 12.6. The maximum atomic E-state index is 12.6. The van der Waals surface area contributed by atoms with Crippen molar-refractivity contribution < 1.29 is 4.39 Å². The molecule has 0 aliphatic rings. The largest absolute Gasteiger partial charge is 0.207 e. The first kappa shape index (κ1) is 9.53. The monoisotopic (exact) mass is 186 g/mol. The maximum absolute atomic E-state index is 12.6. The lowest BCUT2D eigenvalue weighted by Crippen LogP contribution is -1.94. The van der Waals surface area contributed by atoms with E-state index >= 15 is 0 Å². The summed E-state index contributed by atoms with van der Waals surface area (Å²) in [6, 6.07) is 4.56. The van der Waals surface area contributed by atoms with Crippen molar-refractivity contribution in [3.8, 4) is 0 Å². The molecule has 0 heterocycles. The zero-order valence-corrected chi connectivity index (χ0v) is 8.03. The van der Waals surface area contributed by atoms with Gasteiger partial charge in [-0.3, -0.25) is 0 Å². The molecule has 0 nitrogen and oxygen atoms in total. The van der Waals surface area contributed by atoms with Gasteiger partial charge in [-0.2, -0.15) is 0 Å². The minimum absolute atomic E-state index is 0.271. The quantitative estimate of drug-likeness (QED) is 0.661. The average molecular weight is 187 g/mol. The molecule has 0 aliphatic carbocycles. The Bertz CT molecular complexity index is 269. The SMILES string of the molecule is CC(C)Cc1ccc(F)cc1Cl. The van der Waals surface area contributed by atoms with Gasteiger partial charge in [0.1, 0.15) is 5.82 Å². The number of hydrogen-bond donors (Lipinski definition) is 0. The predicted molar refractivity (Wildman–Crippen MR) is 50.0 cm³/mol. The molecule has 0 saturated heterocycles. The van der Waals surface area contributed by atoms with Gasteiger partial charge in [0.05, 0.1) is 0 Å². The van der Waals surface area contributed by atoms with Crippen LogP contribution in [0, 0.1) is 11.7 Å². The Balaban J connectivity index is 2.86. The van der Waals surface area contributed by atoms with Crippen LogP contribution in [0.5, 0.6) is 0 Å². The van der Waals surface area contributed by atoms with E-state index in [4.69, 9.17) is 11.6 Å². The normalized spacial score (nSPS) is 10.8. The van der Waals surface area contributed by atoms with E-state index in [2.05, 4.69) is 13.8 Å². The summed E-state index contributed by atoms with van der Waals surface area (Å²) in [4.78, 5) is 0. The van der Waals surface area contributed by atoms with Gasteiger partial charge in [-0.25, -0.2) is 4.39 Å². The Hall–Kier alpha value is -0.560. The standard InChI is InChI=1S/C10H12ClF/c1-7(2)5-8-3-4-9(12)6-10(8)11/h3-4,6-7H,5H2,1-2H3. The summed E-state index contributed by atoms with van der Waals surface area (Å²) in [7, 11) is 0. The van der Waals surface area contributed by atoms with Crippen molar-refractivity contribution in [1.29, 1.82) is 0 Å². The number of rotatable bonds is 2. The first-order valence-corrected chi connectivity index (χ1v) is 4.41. The molecular weight excluding hydrogens is 175 g/mol. The Morgan fingerprint density at radius 1 is 1.42 bits per heavy atom. The van der Waals surface area contributed by atoms with Gasteiger partial charge in [-0.15, -0.1) is 0 Å². The van der Waals surface area contributed by atoms with Crippen LogP contribution in [0.3, 0.4) is 0 Å². The molecule has 0 aliphatic heterocycles. The summed E-state index contributed by atoms with van der Waals surface area (Å²) in [5, 5.41) is 0.531. The number of benzene rings is 1. The van der Waals surface area contributed by atoms with Crippen molar-refractivity contribution >= 4 is 11.6 Å². The molecule has 66 valence electrons. The third-order valence-electron chi connectivity index (χ3n) is 1.64. The summed E-state index contributed by atoms with van der Waals surface area (Å²) in [5.74, 6) is 0.278. The minimum Gasteiger partial charge on any atom is -0.207 e. The molecule has 0 amide bonds. The van der Waals surface area contributed by atoms with Crippen LogP contribution in [0.25, 0.3) is 0 Å². The topological polar surface area (TPSA) is 0 Å². The molecule has 1 aromatic carbocycles. The van der Waals surface area contributed by atoms with Crippen molar-refractivity contribution in [2.45, 2.75) is 20.3 Å². The summed E-state index contributed by atoms with van der Waals surface area (Å²) in [5.41, 5.74) is 1.02. The highest BCUT2D eigenvalue weighted by Gasteiger charge is 2.03. The first-order valence-electron chi connectivity index (χ1n) is 4.03. The van der Waals surface area contributed by atoms with Gasteiger partial charge in [-0.1, -0.05) is 31.5 Å². The van der Waals surface area contributed by atoms with E-state index < -0.39 is 0 Å². The molecule has 1 rings (SSSR count). The van der Waals surface area contributed by atoms with Gasteiger partial charge < -0.3 is 0 Å². The minimum atomic E-state index is -0.271. The second kappa shape index (κ2) is 3.90. The van der Waals surface area contributed by atoms with E-state index in [9.17, 15) is 4.39 Å². The van der Waals surface area contributed by atoms with Gasteiger partial charge in [0.2, 0.25) is 0 Å². The Morgan fingerprint density at radius 3 is 2.58 bits per heavy atom. The summed E-state index contributed by atoms with van der Waals surface area (Å²) in [6.07, 6.45) is 0.902. The fourth-order valence-electron chi connectivity index (χ4n) is 1.13. The van der Waals surface area contributed by atoms with Crippen molar-refractivity contribution in [3.63, 3.8) is 0 Å². The summed E-state index contributed by atoms with van der Waals surface area (Å²) in [6.45, 7) is 4.22. The molecule has 2 heteroatoms. The van der Waals surface area contributed by atoms with Crippen molar-refractivity contribution in [3.05, 3.63) is 34.6 Å². The lowest BCUT2D eigenvalue weighted by molar-refractivity contribution is 0.620. The third kappa shape index (κ3) is 2.49. The van der Waals surface area contributed by atoms with Gasteiger partial charge in [0.25, 0.3) is 0 Å². The Morgan fingerprint density at radius 2 is 2.08 bits per heavy atom. The summed E-state index contributed by atoms with van der Waals surface area (Å²) >= 11 is 5.83. The highest BCUT2D eigenvalue weighted by molar-refractivity contribution is 6.31. The molecule has 0 bridgehead atoms. The van der Waals surface area contributed by atoms with E-state index in [1.54, 1.807) is 6.07 Å². The highest BCUT2D eigenvalue weighted by atomic mass is 35.5. The lowest BCUT2D eigenvalue weighted by Gasteiger charge is -2.06. The van der Waals surface area contributed by atoms with E-state index in [1.165, 1.54) is 12.1 Å². The molecule has 0 saturated carbocycles. The fourth-order valence-corrected chi connectivity index (χ4v) is 1.37. The second-order valence-electron chi connectivity index (χ2n) is 3.33. The van der Waals surface area contributed by atoms with E-state index in [0.717, 1.165) is 12.0 Å². The highest BCUT2D eigenvalue weighted by Crippen LogP contribution is 2.19. The maximum Gasteiger partial charge on any atom is 0.124 e. The molecule has 0 fully saturated rings. The van der Waals surface area contributed by atoms with Crippen LogP contribution in [0.4, 0.5) is 4.39 Å². The molecule has 1 aromatic rings. The Kier molecular flexibility index (Phi) is 3.10. The van der Waals surface area contributed by atoms with Crippen LogP contribution in [0.2, 0.25) is 5.02 Å². The van der Waals surface area contributed by atoms with Crippen molar-refractivity contribution in [1.82, 2.24) is 0 Å². The average Bonchev–Trinajstić information content (AvgIpc) is 1.94.